The van der Waals surface area contributed by atoms with Gasteiger partial charge in [0.15, 0.2) is 0 Å². The lowest BCUT2D eigenvalue weighted by Crippen LogP contribution is -2.44. The Hall–Kier alpha value is -0.530. The number of carbonyl (C=O) groups excluding carboxylic acids is 1. The molecule has 82 valence electrons. The zero-order valence-corrected chi connectivity index (χ0v) is 9.97. The van der Waals surface area contributed by atoms with Gasteiger partial charge < -0.3 is 4.90 Å². The molecule has 0 heterocycles. The van der Waals surface area contributed by atoms with E-state index < -0.39 is 0 Å². The molecule has 1 saturated carbocycles. The molecule has 1 rings (SSSR count). The first-order chi connectivity index (χ1) is 6.43. The Labute approximate surface area is 87.7 Å². The first-order valence-corrected chi connectivity index (χ1v) is 5.70. The molecule has 0 aliphatic heterocycles. The summed E-state index contributed by atoms with van der Waals surface area (Å²) in [6, 6.07) is 0.496. The summed E-state index contributed by atoms with van der Waals surface area (Å²) in [6.07, 6.45) is 6.30. The first kappa shape index (κ1) is 11.5. The van der Waals surface area contributed by atoms with Crippen LogP contribution >= 0.6 is 0 Å². The minimum absolute atomic E-state index is 0.230. The van der Waals surface area contributed by atoms with E-state index in [9.17, 15) is 4.79 Å². The lowest BCUT2D eigenvalue weighted by molar-refractivity contribution is -0.140. The van der Waals surface area contributed by atoms with Crippen molar-refractivity contribution in [2.45, 2.75) is 58.9 Å². The molecular weight excluding hydrogens is 174 g/mol. The van der Waals surface area contributed by atoms with Gasteiger partial charge >= 0.3 is 0 Å². The van der Waals surface area contributed by atoms with E-state index in [4.69, 9.17) is 0 Å². The summed E-state index contributed by atoms with van der Waals surface area (Å²) in [5.41, 5.74) is -0.230. The van der Waals surface area contributed by atoms with E-state index in [0.717, 1.165) is 0 Å². The van der Waals surface area contributed by atoms with Crippen LogP contribution < -0.4 is 0 Å². The lowest BCUT2D eigenvalue weighted by atomic mass is 9.90. The summed E-state index contributed by atoms with van der Waals surface area (Å²) < 4.78 is 0. The molecule has 1 aliphatic rings. The number of hydrogen-bond acceptors (Lipinski definition) is 1. The van der Waals surface area contributed by atoms with Crippen LogP contribution in [0.1, 0.15) is 52.9 Å². The maximum absolute atomic E-state index is 12.0. The highest BCUT2D eigenvalue weighted by molar-refractivity contribution is 5.81. The number of rotatable bonds is 1. The van der Waals surface area contributed by atoms with Crippen molar-refractivity contribution in [1.82, 2.24) is 4.90 Å². The van der Waals surface area contributed by atoms with Crippen molar-refractivity contribution in [2.24, 2.45) is 5.41 Å². The molecule has 0 saturated heterocycles. The molecule has 0 aromatic carbocycles. The molecule has 0 aromatic heterocycles. The second-order valence-electron chi connectivity index (χ2n) is 5.46. The first-order valence-electron chi connectivity index (χ1n) is 5.70. The van der Waals surface area contributed by atoms with Crippen LogP contribution in [0, 0.1) is 5.41 Å². The van der Waals surface area contributed by atoms with E-state index in [1.807, 2.05) is 32.7 Å². The fraction of sp³-hybridized carbons (Fsp3) is 0.917. The van der Waals surface area contributed by atoms with Crippen LogP contribution in [-0.2, 0) is 4.79 Å². The van der Waals surface area contributed by atoms with Gasteiger partial charge in [0.1, 0.15) is 0 Å². The summed E-state index contributed by atoms with van der Waals surface area (Å²) in [4.78, 5) is 14.0. The zero-order chi connectivity index (χ0) is 10.8. The molecule has 0 aromatic rings. The van der Waals surface area contributed by atoms with E-state index in [0.29, 0.717) is 6.04 Å². The van der Waals surface area contributed by atoms with E-state index in [-0.39, 0.29) is 11.3 Å². The molecule has 0 atom stereocenters. The van der Waals surface area contributed by atoms with Crippen LogP contribution in [0.15, 0.2) is 0 Å². The molecule has 2 heteroatoms. The van der Waals surface area contributed by atoms with Crippen molar-refractivity contribution in [3.8, 4) is 0 Å². The molecule has 0 unspecified atom stereocenters. The summed E-state index contributed by atoms with van der Waals surface area (Å²) in [6.45, 7) is 5.98. The van der Waals surface area contributed by atoms with Gasteiger partial charge in [-0.3, -0.25) is 4.79 Å². The standard InChI is InChI=1S/C12H23NO/c1-12(2,3)11(14)13(4)10-8-6-5-7-9-10/h10H,5-9H2,1-4H3. The van der Waals surface area contributed by atoms with Crippen LogP contribution in [0.25, 0.3) is 0 Å². The third-order valence-corrected chi connectivity index (χ3v) is 3.08. The predicted molar refractivity (Wildman–Crippen MR) is 59.1 cm³/mol. The van der Waals surface area contributed by atoms with E-state index in [1.54, 1.807) is 0 Å². The summed E-state index contributed by atoms with van der Waals surface area (Å²) in [5.74, 6) is 0.282. The van der Waals surface area contributed by atoms with Gasteiger partial charge in [-0.15, -0.1) is 0 Å². The minimum atomic E-state index is -0.230. The van der Waals surface area contributed by atoms with Gasteiger partial charge in [-0.25, -0.2) is 0 Å². The molecule has 0 spiro atoms. The highest BCUT2D eigenvalue weighted by Gasteiger charge is 2.29. The Bertz CT molecular complexity index is 199. The number of carbonyl (C=O) groups is 1. The molecule has 1 amide bonds. The summed E-state index contributed by atoms with van der Waals surface area (Å²) in [5, 5.41) is 0. The lowest BCUT2D eigenvalue weighted by Gasteiger charge is -2.35. The fourth-order valence-corrected chi connectivity index (χ4v) is 2.16. The van der Waals surface area contributed by atoms with E-state index in [2.05, 4.69) is 0 Å². The van der Waals surface area contributed by atoms with E-state index in [1.165, 1.54) is 32.1 Å². The maximum Gasteiger partial charge on any atom is 0.227 e. The zero-order valence-electron chi connectivity index (χ0n) is 9.97. The molecular formula is C12H23NO. The SMILES string of the molecule is CN(C(=O)C(C)(C)C)C1CCCCC1. The average Bonchev–Trinajstić information content (AvgIpc) is 2.15. The van der Waals surface area contributed by atoms with Crippen molar-refractivity contribution in [3.63, 3.8) is 0 Å². The molecule has 1 aliphatic carbocycles. The summed E-state index contributed by atoms with van der Waals surface area (Å²) in [7, 11) is 1.96. The van der Waals surface area contributed by atoms with Crippen LogP contribution in [0.3, 0.4) is 0 Å². The molecule has 0 radical (unpaired) electrons. The topological polar surface area (TPSA) is 20.3 Å². The monoisotopic (exact) mass is 197 g/mol. The molecule has 14 heavy (non-hydrogen) atoms. The highest BCUT2D eigenvalue weighted by Crippen LogP contribution is 2.25. The van der Waals surface area contributed by atoms with Gasteiger partial charge in [0, 0.05) is 18.5 Å². The molecule has 0 bridgehead atoms. The second kappa shape index (κ2) is 4.33. The minimum Gasteiger partial charge on any atom is -0.342 e. The van der Waals surface area contributed by atoms with Crippen molar-refractivity contribution < 1.29 is 4.79 Å². The van der Waals surface area contributed by atoms with Crippen LogP contribution in [-0.4, -0.2) is 23.9 Å². The third kappa shape index (κ3) is 2.73. The van der Waals surface area contributed by atoms with Gasteiger partial charge in [0.05, 0.1) is 0 Å². The normalized spacial score (nSPS) is 19.4. The average molecular weight is 197 g/mol. The van der Waals surface area contributed by atoms with Crippen molar-refractivity contribution >= 4 is 5.91 Å². The van der Waals surface area contributed by atoms with Crippen LogP contribution in [0.4, 0.5) is 0 Å². The van der Waals surface area contributed by atoms with Crippen LogP contribution in [0.2, 0.25) is 0 Å². The Morgan fingerprint density at radius 3 is 2.07 bits per heavy atom. The summed E-state index contributed by atoms with van der Waals surface area (Å²) >= 11 is 0. The number of nitrogens with zero attached hydrogens (tertiary/aromatic N) is 1. The quantitative estimate of drug-likeness (QED) is 0.633. The second-order valence-corrected chi connectivity index (χ2v) is 5.46. The van der Waals surface area contributed by atoms with Gasteiger partial charge in [0.2, 0.25) is 5.91 Å². The van der Waals surface area contributed by atoms with Crippen molar-refractivity contribution in [3.05, 3.63) is 0 Å². The smallest absolute Gasteiger partial charge is 0.227 e. The Morgan fingerprint density at radius 2 is 1.64 bits per heavy atom. The number of amides is 1. The van der Waals surface area contributed by atoms with Gasteiger partial charge in [-0.1, -0.05) is 40.0 Å². The fourth-order valence-electron chi connectivity index (χ4n) is 2.16. The predicted octanol–water partition coefficient (Wildman–Crippen LogP) is 2.82. The van der Waals surface area contributed by atoms with Gasteiger partial charge in [0.25, 0.3) is 0 Å². The third-order valence-electron chi connectivity index (χ3n) is 3.08. The molecule has 0 N–H and O–H groups in total. The Balaban J connectivity index is 2.55. The molecule has 1 fully saturated rings. The van der Waals surface area contributed by atoms with Crippen LogP contribution in [0.5, 0.6) is 0 Å². The van der Waals surface area contributed by atoms with Crippen molar-refractivity contribution in [2.75, 3.05) is 7.05 Å². The Kier molecular flexibility index (Phi) is 3.57. The van der Waals surface area contributed by atoms with Gasteiger partial charge in [-0.05, 0) is 12.8 Å². The number of hydrogen-bond donors (Lipinski definition) is 0. The Morgan fingerprint density at radius 1 is 1.14 bits per heavy atom. The highest BCUT2D eigenvalue weighted by atomic mass is 16.2. The van der Waals surface area contributed by atoms with Gasteiger partial charge in [-0.2, -0.15) is 0 Å². The van der Waals surface area contributed by atoms with Crippen molar-refractivity contribution in [1.29, 1.82) is 0 Å². The van der Waals surface area contributed by atoms with E-state index >= 15 is 0 Å². The largest absolute Gasteiger partial charge is 0.342 e. The maximum atomic E-state index is 12.0. The molecule has 2 nitrogen and oxygen atoms in total.